The van der Waals surface area contributed by atoms with Crippen LogP contribution in [-0.4, -0.2) is 38.7 Å². The Hall–Kier alpha value is -1.37. The van der Waals surface area contributed by atoms with E-state index in [4.69, 9.17) is 0 Å². The third kappa shape index (κ3) is 3.59. The molecule has 0 spiro atoms. The molecule has 0 aliphatic heterocycles. The van der Waals surface area contributed by atoms with Crippen molar-refractivity contribution in [2.24, 2.45) is 0 Å². The Morgan fingerprint density at radius 2 is 2.10 bits per heavy atom. The smallest absolute Gasteiger partial charge is 0.183 e. The number of aliphatic hydroxyl groups excluding tert-OH is 1. The Morgan fingerprint density at radius 3 is 2.65 bits per heavy atom. The molecule has 1 heterocycles. The molecule has 0 bridgehead atoms. The highest BCUT2D eigenvalue weighted by Crippen LogP contribution is 2.28. The first-order valence-corrected chi connectivity index (χ1v) is 7.57. The maximum atomic E-state index is 9.99. The highest BCUT2D eigenvalue weighted by Gasteiger charge is 2.32. The van der Waals surface area contributed by atoms with Gasteiger partial charge in [0.15, 0.2) is 5.16 Å². The van der Waals surface area contributed by atoms with E-state index in [1.54, 1.807) is 11.8 Å². The predicted molar refractivity (Wildman–Crippen MR) is 80.6 cm³/mol. The zero-order chi connectivity index (χ0) is 14.4. The minimum Gasteiger partial charge on any atom is -0.394 e. The molecule has 5 nitrogen and oxygen atoms in total. The second-order valence-corrected chi connectivity index (χ2v) is 5.95. The summed E-state index contributed by atoms with van der Waals surface area (Å²) >= 11 is 1.54. The molecule has 0 amide bonds. The molecule has 2 aromatic rings. The van der Waals surface area contributed by atoms with Crippen molar-refractivity contribution in [3.8, 4) is 0 Å². The number of aliphatic hydroxyl groups is 1. The van der Waals surface area contributed by atoms with Crippen molar-refractivity contribution in [1.29, 1.82) is 0 Å². The van der Waals surface area contributed by atoms with Gasteiger partial charge in [-0.3, -0.25) is 5.10 Å². The van der Waals surface area contributed by atoms with Gasteiger partial charge in [-0.15, -0.1) is 0 Å². The van der Waals surface area contributed by atoms with Crippen LogP contribution in [0.1, 0.15) is 19.4 Å². The molecular formula is C14H20N4OS. The van der Waals surface area contributed by atoms with Crippen LogP contribution in [0, 0.1) is 0 Å². The second-order valence-electron chi connectivity index (χ2n) is 4.98. The van der Waals surface area contributed by atoms with Crippen LogP contribution in [0.15, 0.2) is 41.8 Å². The van der Waals surface area contributed by atoms with Crippen molar-refractivity contribution in [3.63, 3.8) is 0 Å². The fourth-order valence-corrected chi connectivity index (χ4v) is 3.12. The molecule has 0 saturated carbocycles. The Balaban J connectivity index is 2.22. The molecule has 0 radical (unpaired) electrons. The van der Waals surface area contributed by atoms with Gasteiger partial charge in [-0.25, -0.2) is 4.98 Å². The predicted octanol–water partition coefficient (Wildman–Crippen LogP) is 1.78. The van der Waals surface area contributed by atoms with Gasteiger partial charge < -0.3 is 10.4 Å². The van der Waals surface area contributed by atoms with Crippen LogP contribution in [0.5, 0.6) is 0 Å². The Labute approximate surface area is 123 Å². The van der Waals surface area contributed by atoms with E-state index in [2.05, 4.69) is 34.3 Å². The quantitative estimate of drug-likeness (QED) is 0.678. The highest BCUT2D eigenvalue weighted by molar-refractivity contribution is 7.99. The van der Waals surface area contributed by atoms with Crippen molar-refractivity contribution in [2.75, 3.05) is 12.4 Å². The Bertz CT molecular complexity index is 503. The summed E-state index contributed by atoms with van der Waals surface area (Å²) in [4.78, 5) is 4.11. The standard InChI is InChI=1S/C14H20N4OS/c1-11(2)17-14(8-19,12-6-4-3-5-7-12)9-20-13-15-10-16-18-13/h3-7,10-11,17,19H,8-9H2,1-2H3,(H,15,16,18). The summed E-state index contributed by atoms with van der Waals surface area (Å²) < 4.78 is 0. The molecule has 1 aromatic heterocycles. The number of aromatic amines is 1. The van der Waals surface area contributed by atoms with E-state index < -0.39 is 5.54 Å². The largest absolute Gasteiger partial charge is 0.394 e. The summed E-state index contributed by atoms with van der Waals surface area (Å²) in [6.07, 6.45) is 1.49. The lowest BCUT2D eigenvalue weighted by molar-refractivity contribution is 0.169. The molecule has 1 aromatic carbocycles. The van der Waals surface area contributed by atoms with Crippen LogP contribution in [-0.2, 0) is 5.54 Å². The monoisotopic (exact) mass is 292 g/mol. The minimum atomic E-state index is -0.493. The average molecular weight is 292 g/mol. The molecular weight excluding hydrogens is 272 g/mol. The van der Waals surface area contributed by atoms with E-state index in [0.29, 0.717) is 5.75 Å². The third-order valence-corrected chi connectivity index (χ3v) is 4.12. The summed E-state index contributed by atoms with van der Waals surface area (Å²) in [5.41, 5.74) is 0.579. The summed E-state index contributed by atoms with van der Waals surface area (Å²) in [6, 6.07) is 10.3. The fraction of sp³-hybridized carbons (Fsp3) is 0.429. The van der Waals surface area contributed by atoms with Crippen LogP contribution in [0.3, 0.4) is 0 Å². The number of H-pyrrole nitrogens is 1. The number of nitrogens with one attached hydrogen (secondary N) is 2. The lowest BCUT2D eigenvalue weighted by atomic mass is 9.92. The molecule has 20 heavy (non-hydrogen) atoms. The molecule has 0 saturated heterocycles. The van der Waals surface area contributed by atoms with Gasteiger partial charge >= 0.3 is 0 Å². The molecule has 0 aliphatic rings. The van der Waals surface area contributed by atoms with Crippen LogP contribution in [0.2, 0.25) is 0 Å². The summed E-state index contributed by atoms with van der Waals surface area (Å²) in [6.45, 7) is 4.18. The number of rotatable bonds is 7. The van der Waals surface area contributed by atoms with Gasteiger partial charge in [-0.2, -0.15) is 5.10 Å². The molecule has 1 atom stereocenters. The SMILES string of the molecule is CC(C)NC(CO)(CSc1ncn[nH]1)c1ccccc1. The first-order valence-electron chi connectivity index (χ1n) is 6.58. The molecule has 0 aliphatic carbocycles. The minimum absolute atomic E-state index is 0.0241. The van der Waals surface area contributed by atoms with Gasteiger partial charge in [0.05, 0.1) is 12.1 Å². The van der Waals surface area contributed by atoms with Gasteiger partial charge in [0, 0.05) is 11.8 Å². The summed E-state index contributed by atoms with van der Waals surface area (Å²) in [7, 11) is 0. The number of nitrogens with zero attached hydrogens (tertiary/aromatic N) is 2. The number of benzene rings is 1. The van der Waals surface area contributed by atoms with E-state index in [1.165, 1.54) is 6.33 Å². The molecule has 3 N–H and O–H groups in total. The van der Waals surface area contributed by atoms with Gasteiger partial charge in [-0.05, 0) is 19.4 Å². The van der Waals surface area contributed by atoms with Crippen LogP contribution < -0.4 is 5.32 Å². The van der Waals surface area contributed by atoms with E-state index in [0.717, 1.165) is 10.7 Å². The third-order valence-electron chi connectivity index (χ3n) is 3.01. The first kappa shape index (κ1) is 15.0. The van der Waals surface area contributed by atoms with Crippen molar-refractivity contribution >= 4 is 11.8 Å². The van der Waals surface area contributed by atoms with Crippen LogP contribution >= 0.6 is 11.8 Å². The maximum Gasteiger partial charge on any atom is 0.183 e. The molecule has 6 heteroatoms. The highest BCUT2D eigenvalue weighted by atomic mass is 32.2. The van der Waals surface area contributed by atoms with Gasteiger partial charge in [-0.1, -0.05) is 42.1 Å². The Kier molecular flexibility index (Phi) is 5.17. The Morgan fingerprint density at radius 1 is 1.35 bits per heavy atom. The lowest BCUT2D eigenvalue weighted by Gasteiger charge is -2.35. The topological polar surface area (TPSA) is 73.8 Å². The summed E-state index contributed by atoms with van der Waals surface area (Å²) in [5.74, 6) is 0.668. The molecule has 108 valence electrons. The van der Waals surface area contributed by atoms with E-state index in [9.17, 15) is 5.11 Å². The second kappa shape index (κ2) is 6.88. The van der Waals surface area contributed by atoms with Crippen molar-refractivity contribution in [1.82, 2.24) is 20.5 Å². The van der Waals surface area contributed by atoms with E-state index >= 15 is 0 Å². The summed E-state index contributed by atoms with van der Waals surface area (Å²) in [5, 5.41) is 20.9. The van der Waals surface area contributed by atoms with E-state index in [-0.39, 0.29) is 12.6 Å². The van der Waals surface area contributed by atoms with Gasteiger partial charge in [0.25, 0.3) is 0 Å². The molecule has 2 rings (SSSR count). The van der Waals surface area contributed by atoms with Gasteiger partial charge in [0.1, 0.15) is 6.33 Å². The van der Waals surface area contributed by atoms with Crippen LogP contribution in [0.25, 0.3) is 0 Å². The van der Waals surface area contributed by atoms with Crippen molar-refractivity contribution in [3.05, 3.63) is 42.2 Å². The lowest BCUT2D eigenvalue weighted by Crippen LogP contribution is -2.51. The number of aromatic nitrogens is 3. The van der Waals surface area contributed by atoms with Crippen molar-refractivity contribution in [2.45, 2.75) is 30.6 Å². The van der Waals surface area contributed by atoms with Crippen LogP contribution in [0.4, 0.5) is 0 Å². The normalized spacial score (nSPS) is 14.4. The average Bonchev–Trinajstić information content (AvgIpc) is 2.97. The zero-order valence-corrected chi connectivity index (χ0v) is 12.5. The molecule has 1 unspecified atom stereocenters. The van der Waals surface area contributed by atoms with Crippen molar-refractivity contribution < 1.29 is 5.11 Å². The zero-order valence-electron chi connectivity index (χ0n) is 11.7. The molecule has 0 fully saturated rings. The van der Waals surface area contributed by atoms with Gasteiger partial charge in [0.2, 0.25) is 0 Å². The number of hydrogen-bond donors (Lipinski definition) is 3. The van der Waals surface area contributed by atoms with E-state index in [1.807, 2.05) is 30.3 Å². The number of thioether (sulfide) groups is 1. The number of hydrogen-bond acceptors (Lipinski definition) is 5. The first-order chi connectivity index (χ1) is 9.66. The maximum absolute atomic E-state index is 9.99. The fourth-order valence-electron chi connectivity index (χ4n) is 2.16.